The van der Waals surface area contributed by atoms with Crippen LogP contribution in [0, 0.1) is 5.92 Å². The number of hydrogen-bond acceptors (Lipinski definition) is 4. The van der Waals surface area contributed by atoms with E-state index in [-0.39, 0.29) is 0 Å². The number of benzene rings is 1. The van der Waals surface area contributed by atoms with Crippen LogP contribution in [0.1, 0.15) is 12.0 Å². The van der Waals surface area contributed by atoms with E-state index in [0.717, 1.165) is 32.0 Å². The highest BCUT2D eigenvalue weighted by Crippen LogP contribution is 2.20. The van der Waals surface area contributed by atoms with Gasteiger partial charge in [-0.3, -0.25) is 4.90 Å². The second-order valence-corrected chi connectivity index (χ2v) is 5.66. The highest BCUT2D eigenvalue weighted by molar-refractivity contribution is 5.33. The van der Waals surface area contributed by atoms with Crippen LogP contribution in [0.2, 0.25) is 0 Å². The molecule has 0 unspecified atom stereocenters. The maximum absolute atomic E-state index is 9.51. The normalized spacial score (nSPS) is 18.8. The Morgan fingerprint density at radius 1 is 1.24 bits per heavy atom. The average Bonchev–Trinajstić information content (AvgIpc) is 2.94. The number of aromatic nitrogens is 1. The standard InChI is InChI=1S/C17H21N3O/c21-16-5-3-4-14(10-16)12-20-9-7-15(13-20)11-19-17-6-1-2-8-18-17/h1-6,8,10,15,21H,7,9,11-13H2,(H,18,19)/t15-/m0/s1. The molecule has 4 heteroatoms. The van der Waals surface area contributed by atoms with Crippen molar-refractivity contribution in [2.75, 3.05) is 25.0 Å². The molecule has 3 rings (SSSR count). The SMILES string of the molecule is Oc1cccc(CN2CC[C@@H](CNc3ccccn3)C2)c1. The van der Waals surface area contributed by atoms with E-state index in [0.29, 0.717) is 11.7 Å². The van der Waals surface area contributed by atoms with E-state index in [2.05, 4.69) is 21.3 Å². The van der Waals surface area contributed by atoms with E-state index in [1.165, 1.54) is 12.0 Å². The lowest BCUT2D eigenvalue weighted by Crippen LogP contribution is -2.22. The molecular weight excluding hydrogens is 262 g/mol. The third kappa shape index (κ3) is 3.95. The third-order valence-corrected chi connectivity index (χ3v) is 3.92. The summed E-state index contributed by atoms with van der Waals surface area (Å²) in [6, 6.07) is 13.5. The minimum Gasteiger partial charge on any atom is -0.508 e. The minimum absolute atomic E-state index is 0.347. The topological polar surface area (TPSA) is 48.4 Å². The maximum Gasteiger partial charge on any atom is 0.125 e. The molecule has 2 heterocycles. The van der Waals surface area contributed by atoms with Crippen LogP contribution in [0.3, 0.4) is 0 Å². The molecule has 2 N–H and O–H groups in total. The number of rotatable bonds is 5. The monoisotopic (exact) mass is 283 g/mol. The Kier molecular flexibility index (Phi) is 4.36. The first-order chi connectivity index (χ1) is 10.3. The summed E-state index contributed by atoms with van der Waals surface area (Å²) in [5.41, 5.74) is 1.17. The Bertz CT molecular complexity index is 573. The fraction of sp³-hybridized carbons (Fsp3) is 0.353. The molecule has 0 spiro atoms. The summed E-state index contributed by atoms with van der Waals surface area (Å²) >= 11 is 0. The summed E-state index contributed by atoms with van der Waals surface area (Å²) < 4.78 is 0. The summed E-state index contributed by atoms with van der Waals surface area (Å²) in [7, 11) is 0. The number of anilines is 1. The number of likely N-dealkylation sites (tertiary alicyclic amines) is 1. The lowest BCUT2D eigenvalue weighted by Gasteiger charge is -2.16. The molecule has 110 valence electrons. The highest BCUT2D eigenvalue weighted by atomic mass is 16.3. The van der Waals surface area contributed by atoms with Gasteiger partial charge in [-0.15, -0.1) is 0 Å². The van der Waals surface area contributed by atoms with Gasteiger partial charge in [0.25, 0.3) is 0 Å². The zero-order valence-electron chi connectivity index (χ0n) is 12.1. The summed E-state index contributed by atoms with van der Waals surface area (Å²) in [5, 5.41) is 12.9. The second kappa shape index (κ2) is 6.59. The molecule has 2 aromatic rings. The van der Waals surface area contributed by atoms with Gasteiger partial charge >= 0.3 is 0 Å². The molecule has 0 radical (unpaired) electrons. The van der Waals surface area contributed by atoms with Gasteiger partial charge in [0.05, 0.1) is 0 Å². The van der Waals surface area contributed by atoms with Crippen molar-refractivity contribution in [1.82, 2.24) is 9.88 Å². The van der Waals surface area contributed by atoms with Crippen molar-refractivity contribution >= 4 is 5.82 Å². The van der Waals surface area contributed by atoms with Crippen LogP contribution in [-0.2, 0) is 6.54 Å². The van der Waals surface area contributed by atoms with Crippen LogP contribution in [0.15, 0.2) is 48.7 Å². The van der Waals surface area contributed by atoms with Crippen molar-refractivity contribution in [1.29, 1.82) is 0 Å². The Labute approximate surface area is 125 Å². The average molecular weight is 283 g/mol. The van der Waals surface area contributed by atoms with Crippen LogP contribution in [0.4, 0.5) is 5.82 Å². The van der Waals surface area contributed by atoms with Gasteiger partial charge in [0.1, 0.15) is 11.6 Å². The minimum atomic E-state index is 0.347. The highest BCUT2D eigenvalue weighted by Gasteiger charge is 2.22. The summed E-state index contributed by atoms with van der Waals surface area (Å²) in [6.07, 6.45) is 3.02. The summed E-state index contributed by atoms with van der Waals surface area (Å²) in [5.74, 6) is 1.95. The van der Waals surface area contributed by atoms with Crippen LogP contribution >= 0.6 is 0 Å². The quantitative estimate of drug-likeness (QED) is 0.886. The van der Waals surface area contributed by atoms with Gasteiger partial charge in [-0.2, -0.15) is 0 Å². The molecule has 1 fully saturated rings. The number of phenolic OH excluding ortho intramolecular Hbond substituents is 1. The molecule has 0 amide bonds. The number of nitrogens with one attached hydrogen (secondary N) is 1. The van der Waals surface area contributed by atoms with Gasteiger partial charge in [-0.05, 0) is 48.7 Å². The molecule has 0 aliphatic carbocycles. The zero-order chi connectivity index (χ0) is 14.5. The number of pyridine rings is 1. The van der Waals surface area contributed by atoms with Crippen molar-refractivity contribution in [2.24, 2.45) is 5.92 Å². The fourth-order valence-corrected chi connectivity index (χ4v) is 2.85. The van der Waals surface area contributed by atoms with Crippen molar-refractivity contribution < 1.29 is 5.11 Å². The smallest absolute Gasteiger partial charge is 0.125 e. The molecule has 21 heavy (non-hydrogen) atoms. The van der Waals surface area contributed by atoms with Crippen LogP contribution in [0.25, 0.3) is 0 Å². The van der Waals surface area contributed by atoms with Crippen molar-refractivity contribution in [2.45, 2.75) is 13.0 Å². The van der Waals surface area contributed by atoms with Crippen LogP contribution in [0.5, 0.6) is 5.75 Å². The summed E-state index contributed by atoms with van der Waals surface area (Å²) in [6.45, 7) is 4.09. The van der Waals surface area contributed by atoms with E-state index >= 15 is 0 Å². The van der Waals surface area contributed by atoms with Crippen molar-refractivity contribution in [3.05, 3.63) is 54.2 Å². The molecule has 1 aromatic heterocycles. The molecule has 1 aromatic carbocycles. The predicted molar refractivity (Wildman–Crippen MR) is 84.2 cm³/mol. The largest absolute Gasteiger partial charge is 0.508 e. The number of hydrogen-bond donors (Lipinski definition) is 2. The molecule has 0 bridgehead atoms. The third-order valence-electron chi connectivity index (χ3n) is 3.92. The molecule has 1 saturated heterocycles. The number of aromatic hydroxyl groups is 1. The molecule has 1 atom stereocenters. The molecule has 0 saturated carbocycles. The van der Waals surface area contributed by atoms with E-state index < -0.39 is 0 Å². The van der Waals surface area contributed by atoms with Gasteiger partial charge in [0.15, 0.2) is 0 Å². The first-order valence-electron chi connectivity index (χ1n) is 7.45. The summed E-state index contributed by atoms with van der Waals surface area (Å²) in [4.78, 5) is 6.73. The second-order valence-electron chi connectivity index (χ2n) is 5.66. The van der Waals surface area contributed by atoms with E-state index in [1.807, 2.05) is 36.5 Å². The van der Waals surface area contributed by atoms with Crippen LogP contribution < -0.4 is 5.32 Å². The number of nitrogens with zero attached hydrogens (tertiary/aromatic N) is 2. The van der Waals surface area contributed by atoms with E-state index in [4.69, 9.17) is 0 Å². The van der Waals surface area contributed by atoms with E-state index in [9.17, 15) is 5.11 Å². The molecule has 1 aliphatic heterocycles. The molecular formula is C17H21N3O. The Morgan fingerprint density at radius 2 is 2.19 bits per heavy atom. The first kappa shape index (κ1) is 13.9. The first-order valence-corrected chi connectivity index (χ1v) is 7.45. The van der Waals surface area contributed by atoms with Gasteiger partial charge in [0.2, 0.25) is 0 Å². The van der Waals surface area contributed by atoms with Gasteiger partial charge in [0, 0.05) is 25.8 Å². The fourth-order valence-electron chi connectivity index (χ4n) is 2.85. The van der Waals surface area contributed by atoms with Crippen molar-refractivity contribution in [3.63, 3.8) is 0 Å². The van der Waals surface area contributed by atoms with Crippen LogP contribution in [-0.4, -0.2) is 34.6 Å². The maximum atomic E-state index is 9.51. The molecule has 4 nitrogen and oxygen atoms in total. The predicted octanol–water partition coefficient (Wildman–Crippen LogP) is 2.72. The van der Waals surface area contributed by atoms with E-state index in [1.54, 1.807) is 6.07 Å². The number of phenols is 1. The molecule has 1 aliphatic rings. The Hall–Kier alpha value is -2.07. The Morgan fingerprint density at radius 3 is 3.00 bits per heavy atom. The lowest BCUT2D eigenvalue weighted by atomic mass is 10.1. The zero-order valence-corrected chi connectivity index (χ0v) is 12.1. The Balaban J connectivity index is 1.47. The van der Waals surface area contributed by atoms with Gasteiger partial charge in [-0.25, -0.2) is 4.98 Å². The van der Waals surface area contributed by atoms with Gasteiger partial charge < -0.3 is 10.4 Å². The lowest BCUT2D eigenvalue weighted by molar-refractivity contribution is 0.318. The van der Waals surface area contributed by atoms with Crippen molar-refractivity contribution in [3.8, 4) is 5.75 Å². The van der Waals surface area contributed by atoms with Gasteiger partial charge in [-0.1, -0.05) is 18.2 Å².